The van der Waals surface area contributed by atoms with Crippen LogP contribution in [-0.2, 0) is 4.79 Å². The highest BCUT2D eigenvalue weighted by atomic mass is 16.5. The second-order valence-corrected chi connectivity index (χ2v) is 1.75. The van der Waals surface area contributed by atoms with Gasteiger partial charge in [-0.1, -0.05) is 0 Å². The Morgan fingerprint density at radius 3 is 2.45 bits per heavy atom. The molecule has 0 aliphatic carbocycles. The molecule has 0 atom stereocenters. The predicted octanol–water partition coefficient (Wildman–Crippen LogP) is -1.19. The Hall–Kier alpha value is -1.30. The van der Waals surface area contributed by atoms with Crippen LogP contribution >= 0.6 is 0 Å². The summed E-state index contributed by atoms with van der Waals surface area (Å²) in [6.45, 7) is 2.01. The number of rotatable bonds is 3. The fraction of sp³-hybridized carbons (Fsp3) is 0.600. The largest absolute Gasteiger partial charge is 0.338 e. The number of hydrogen-bond acceptors (Lipinski definition) is 3. The summed E-state index contributed by atoms with van der Waals surface area (Å²) >= 11 is 0. The van der Waals surface area contributed by atoms with Crippen LogP contribution < -0.4 is 16.1 Å². The Morgan fingerprint density at radius 2 is 2.00 bits per heavy atom. The van der Waals surface area contributed by atoms with E-state index in [9.17, 15) is 9.59 Å². The number of nitrogens with one attached hydrogen (secondary N) is 3. The van der Waals surface area contributed by atoms with Crippen molar-refractivity contribution < 1.29 is 14.8 Å². The van der Waals surface area contributed by atoms with Crippen molar-refractivity contribution in [2.75, 3.05) is 13.1 Å². The zero-order valence-corrected chi connectivity index (χ0v) is 6.18. The molecule has 0 saturated heterocycles. The van der Waals surface area contributed by atoms with Crippen molar-refractivity contribution in [2.24, 2.45) is 0 Å². The van der Waals surface area contributed by atoms with Crippen LogP contribution in [-0.4, -0.2) is 30.2 Å². The van der Waals surface area contributed by atoms with E-state index in [1.807, 2.05) is 0 Å². The lowest BCUT2D eigenvalue weighted by Crippen LogP contribution is -2.41. The molecule has 0 rings (SSSR count). The summed E-state index contributed by atoms with van der Waals surface area (Å²) in [5.74, 6) is -0.656. The van der Waals surface area contributed by atoms with E-state index in [1.165, 1.54) is 5.48 Å². The first-order chi connectivity index (χ1) is 5.20. The Kier molecular flexibility index (Phi) is 4.83. The molecule has 0 heterocycles. The first-order valence-electron chi connectivity index (χ1n) is 3.15. The molecule has 6 nitrogen and oxygen atoms in total. The number of carbonyl (C=O) groups excluding carboxylic acids is 2. The number of amides is 3. The van der Waals surface area contributed by atoms with Crippen molar-refractivity contribution in [2.45, 2.75) is 6.92 Å². The summed E-state index contributed by atoms with van der Waals surface area (Å²) < 4.78 is 0. The SMILES string of the molecule is CCNC(=O)NCC(=O)NO. The van der Waals surface area contributed by atoms with Gasteiger partial charge in [0, 0.05) is 6.54 Å². The van der Waals surface area contributed by atoms with Crippen LogP contribution in [0, 0.1) is 0 Å². The maximum absolute atomic E-state index is 10.6. The van der Waals surface area contributed by atoms with Crippen LogP contribution in [0.1, 0.15) is 6.92 Å². The van der Waals surface area contributed by atoms with Gasteiger partial charge in [-0.2, -0.15) is 0 Å². The first-order valence-corrected chi connectivity index (χ1v) is 3.15. The van der Waals surface area contributed by atoms with Crippen molar-refractivity contribution in [3.05, 3.63) is 0 Å². The normalized spacial score (nSPS) is 8.55. The molecule has 0 saturated carbocycles. The van der Waals surface area contributed by atoms with Crippen molar-refractivity contribution in [1.29, 1.82) is 0 Å². The van der Waals surface area contributed by atoms with Crippen molar-refractivity contribution >= 4 is 11.9 Å². The molecule has 6 heteroatoms. The molecular formula is C5H11N3O3. The molecule has 0 radical (unpaired) electrons. The number of urea groups is 1. The molecule has 0 aliphatic rings. The Labute approximate surface area is 63.9 Å². The van der Waals surface area contributed by atoms with E-state index in [0.29, 0.717) is 6.54 Å². The lowest BCUT2D eigenvalue weighted by atomic mass is 10.6. The van der Waals surface area contributed by atoms with Gasteiger partial charge in [0.2, 0.25) is 0 Å². The van der Waals surface area contributed by atoms with E-state index < -0.39 is 11.9 Å². The van der Waals surface area contributed by atoms with E-state index in [0.717, 1.165) is 0 Å². The minimum absolute atomic E-state index is 0.234. The van der Waals surface area contributed by atoms with Gasteiger partial charge in [-0.25, -0.2) is 10.3 Å². The number of carbonyl (C=O) groups is 2. The maximum Gasteiger partial charge on any atom is 0.315 e. The van der Waals surface area contributed by atoms with E-state index >= 15 is 0 Å². The van der Waals surface area contributed by atoms with E-state index in [1.54, 1.807) is 6.92 Å². The number of hydroxylamine groups is 1. The van der Waals surface area contributed by atoms with E-state index in [2.05, 4.69) is 10.6 Å². The van der Waals surface area contributed by atoms with Gasteiger partial charge in [0.25, 0.3) is 5.91 Å². The Balaban J connectivity index is 3.38. The second kappa shape index (κ2) is 5.48. The fourth-order valence-corrected chi connectivity index (χ4v) is 0.423. The minimum atomic E-state index is -0.656. The Bertz CT molecular complexity index is 148. The molecule has 0 aromatic heterocycles. The van der Waals surface area contributed by atoms with Gasteiger partial charge in [0.1, 0.15) is 6.54 Å². The average molecular weight is 161 g/mol. The molecule has 64 valence electrons. The zero-order valence-electron chi connectivity index (χ0n) is 6.18. The lowest BCUT2D eigenvalue weighted by molar-refractivity contribution is -0.128. The second-order valence-electron chi connectivity index (χ2n) is 1.75. The van der Waals surface area contributed by atoms with Gasteiger partial charge in [-0.3, -0.25) is 10.0 Å². The summed E-state index contributed by atoms with van der Waals surface area (Å²) in [7, 11) is 0. The highest BCUT2D eigenvalue weighted by molar-refractivity contribution is 5.83. The third kappa shape index (κ3) is 5.16. The van der Waals surface area contributed by atoms with Gasteiger partial charge in [0.05, 0.1) is 0 Å². The van der Waals surface area contributed by atoms with Crippen molar-refractivity contribution in [3.8, 4) is 0 Å². The lowest BCUT2D eigenvalue weighted by Gasteiger charge is -2.02. The standard InChI is InChI=1S/C5H11N3O3/c1-2-6-5(10)7-3-4(9)8-11/h11H,2-3H2,1H3,(H,8,9)(H2,6,7,10). The van der Waals surface area contributed by atoms with Gasteiger partial charge < -0.3 is 10.6 Å². The van der Waals surface area contributed by atoms with Gasteiger partial charge >= 0.3 is 6.03 Å². The van der Waals surface area contributed by atoms with Crippen LogP contribution in [0.15, 0.2) is 0 Å². The summed E-state index contributed by atoms with van der Waals surface area (Å²) in [6, 6.07) is -0.434. The minimum Gasteiger partial charge on any atom is -0.338 e. The fourth-order valence-electron chi connectivity index (χ4n) is 0.423. The summed E-state index contributed by atoms with van der Waals surface area (Å²) in [4.78, 5) is 20.9. The topological polar surface area (TPSA) is 90.5 Å². The highest BCUT2D eigenvalue weighted by Gasteiger charge is 2.00. The van der Waals surface area contributed by atoms with E-state index in [4.69, 9.17) is 5.21 Å². The molecule has 0 fully saturated rings. The Morgan fingerprint density at radius 1 is 1.36 bits per heavy atom. The molecule has 0 bridgehead atoms. The zero-order chi connectivity index (χ0) is 8.69. The molecule has 0 aromatic carbocycles. The van der Waals surface area contributed by atoms with Crippen LogP contribution in [0.25, 0.3) is 0 Å². The van der Waals surface area contributed by atoms with Crippen molar-refractivity contribution in [3.63, 3.8) is 0 Å². The van der Waals surface area contributed by atoms with Gasteiger partial charge in [-0.05, 0) is 6.92 Å². The molecule has 11 heavy (non-hydrogen) atoms. The van der Waals surface area contributed by atoms with Crippen molar-refractivity contribution in [1.82, 2.24) is 16.1 Å². The van der Waals surface area contributed by atoms with Crippen LogP contribution in [0.4, 0.5) is 4.79 Å². The van der Waals surface area contributed by atoms with Gasteiger partial charge in [0.15, 0.2) is 0 Å². The third-order valence-electron chi connectivity index (χ3n) is 0.872. The van der Waals surface area contributed by atoms with Crippen LogP contribution in [0.2, 0.25) is 0 Å². The molecule has 0 unspecified atom stereocenters. The van der Waals surface area contributed by atoms with Crippen LogP contribution in [0.5, 0.6) is 0 Å². The number of hydrogen-bond donors (Lipinski definition) is 4. The van der Waals surface area contributed by atoms with Gasteiger partial charge in [-0.15, -0.1) is 0 Å². The molecule has 0 aliphatic heterocycles. The maximum atomic E-state index is 10.6. The predicted molar refractivity (Wildman–Crippen MR) is 37.0 cm³/mol. The molecule has 3 amide bonds. The molecule has 0 spiro atoms. The monoisotopic (exact) mass is 161 g/mol. The summed E-state index contributed by atoms with van der Waals surface area (Å²) in [6.07, 6.45) is 0. The third-order valence-corrected chi connectivity index (χ3v) is 0.872. The molecule has 4 N–H and O–H groups in total. The van der Waals surface area contributed by atoms with E-state index in [-0.39, 0.29) is 6.54 Å². The highest BCUT2D eigenvalue weighted by Crippen LogP contribution is 1.64. The first kappa shape index (κ1) is 9.70. The summed E-state index contributed by atoms with van der Waals surface area (Å²) in [5, 5.41) is 12.6. The quantitative estimate of drug-likeness (QED) is 0.310. The molecule has 0 aromatic rings. The molecular weight excluding hydrogens is 150 g/mol. The average Bonchev–Trinajstić information content (AvgIpc) is 2.01. The smallest absolute Gasteiger partial charge is 0.315 e. The summed E-state index contributed by atoms with van der Waals surface area (Å²) in [5.41, 5.74) is 1.38. The van der Waals surface area contributed by atoms with Crippen LogP contribution in [0.3, 0.4) is 0 Å².